The summed E-state index contributed by atoms with van der Waals surface area (Å²) in [6, 6.07) is 10.7. The van der Waals surface area contributed by atoms with Crippen molar-refractivity contribution in [1.29, 1.82) is 0 Å². The highest BCUT2D eigenvalue weighted by Gasteiger charge is 2.34. The van der Waals surface area contributed by atoms with Gasteiger partial charge < -0.3 is 0 Å². The summed E-state index contributed by atoms with van der Waals surface area (Å²) in [5.41, 5.74) is 2.56. The molecule has 0 radical (unpaired) electrons. The molecule has 3 rings (SSSR count). The minimum absolute atomic E-state index is 0.00681. The van der Waals surface area contributed by atoms with E-state index in [1.54, 1.807) is 6.07 Å². The van der Waals surface area contributed by atoms with Crippen molar-refractivity contribution in [2.75, 3.05) is 0 Å². The van der Waals surface area contributed by atoms with Gasteiger partial charge in [-0.05, 0) is 42.1 Å². The molecule has 1 aliphatic heterocycles. The van der Waals surface area contributed by atoms with Crippen molar-refractivity contribution in [3.05, 3.63) is 80.5 Å². The summed E-state index contributed by atoms with van der Waals surface area (Å²) in [6.07, 6.45) is 1.46. The first kappa shape index (κ1) is 18.7. The molecule has 0 aromatic heterocycles. The lowest BCUT2D eigenvalue weighted by Gasteiger charge is -2.15. The van der Waals surface area contributed by atoms with Crippen LogP contribution in [0, 0.1) is 15.9 Å². The van der Waals surface area contributed by atoms with Crippen LogP contribution in [0.4, 0.5) is 10.1 Å². The molecule has 0 saturated carbocycles. The summed E-state index contributed by atoms with van der Waals surface area (Å²) in [4.78, 5) is 35.2. The first-order chi connectivity index (χ1) is 12.8. The number of hydrogen-bond acceptors (Lipinski definition) is 6. The zero-order valence-corrected chi connectivity index (χ0v) is 15.1. The molecular weight excluding hydrogens is 393 g/mol. The summed E-state index contributed by atoms with van der Waals surface area (Å²) in [5, 5.41) is 11.7. The summed E-state index contributed by atoms with van der Waals surface area (Å²) in [7, 11) is 0. The van der Waals surface area contributed by atoms with E-state index in [-0.39, 0.29) is 20.5 Å². The number of nitrogens with one attached hydrogen (secondary N) is 1. The zero-order valence-electron chi connectivity index (χ0n) is 13.4. The van der Waals surface area contributed by atoms with Gasteiger partial charge in [0.15, 0.2) is 4.32 Å². The first-order valence-corrected chi connectivity index (χ1v) is 8.66. The minimum Gasteiger partial charge on any atom is -0.267 e. The van der Waals surface area contributed by atoms with E-state index < -0.39 is 22.6 Å². The van der Waals surface area contributed by atoms with Crippen molar-refractivity contribution in [1.82, 2.24) is 10.4 Å². The molecule has 1 saturated heterocycles. The number of thiocarbonyl (C=S) groups is 1. The quantitative estimate of drug-likeness (QED) is 0.365. The van der Waals surface area contributed by atoms with Crippen LogP contribution in [0.3, 0.4) is 0 Å². The fourth-order valence-electron chi connectivity index (χ4n) is 2.24. The number of amides is 2. The number of nitrogens with zero attached hydrogens (tertiary/aromatic N) is 2. The molecule has 10 heteroatoms. The largest absolute Gasteiger partial charge is 0.285 e. The maximum Gasteiger partial charge on any atom is 0.285 e. The van der Waals surface area contributed by atoms with E-state index in [1.807, 2.05) is 0 Å². The van der Waals surface area contributed by atoms with Gasteiger partial charge in [-0.1, -0.05) is 30.0 Å². The van der Waals surface area contributed by atoms with Gasteiger partial charge in [0.05, 0.1) is 9.83 Å². The number of hydrogen-bond donors (Lipinski definition) is 1. The molecule has 27 heavy (non-hydrogen) atoms. The molecule has 0 atom stereocenters. The Hall–Kier alpha value is -3.11. The van der Waals surface area contributed by atoms with E-state index in [2.05, 4.69) is 5.43 Å². The first-order valence-electron chi connectivity index (χ1n) is 7.44. The number of benzene rings is 2. The molecule has 1 heterocycles. The normalized spacial score (nSPS) is 15.3. The second-order valence-corrected chi connectivity index (χ2v) is 7.00. The molecule has 1 fully saturated rings. The Labute approximate surface area is 162 Å². The Morgan fingerprint density at radius 1 is 1.26 bits per heavy atom. The van der Waals surface area contributed by atoms with E-state index in [9.17, 15) is 24.1 Å². The number of rotatable bonds is 4. The third kappa shape index (κ3) is 4.18. The molecule has 1 N–H and O–H groups in total. The molecule has 0 bridgehead atoms. The lowest BCUT2D eigenvalue weighted by Crippen LogP contribution is -2.44. The van der Waals surface area contributed by atoms with E-state index in [1.165, 1.54) is 42.5 Å². The molecule has 136 valence electrons. The summed E-state index contributed by atoms with van der Waals surface area (Å²) in [6.45, 7) is 0. The number of thioether (sulfide) groups is 1. The Morgan fingerprint density at radius 3 is 2.70 bits per heavy atom. The summed E-state index contributed by atoms with van der Waals surface area (Å²) >= 11 is 6.05. The highest BCUT2D eigenvalue weighted by atomic mass is 32.2. The number of nitro groups is 1. The van der Waals surface area contributed by atoms with E-state index in [0.717, 1.165) is 22.8 Å². The van der Waals surface area contributed by atoms with Crippen LogP contribution in [-0.4, -0.2) is 26.1 Å². The van der Waals surface area contributed by atoms with Crippen LogP contribution < -0.4 is 5.43 Å². The van der Waals surface area contributed by atoms with Gasteiger partial charge >= 0.3 is 0 Å². The average Bonchev–Trinajstić information content (AvgIpc) is 2.89. The maximum absolute atomic E-state index is 13.3. The molecular formula is C17H10FN3O4S2. The van der Waals surface area contributed by atoms with E-state index in [4.69, 9.17) is 12.2 Å². The molecule has 0 unspecified atom stereocenters. The Balaban J connectivity index is 1.78. The number of halogens is 1. The predicted octanol–water partition coefficient (Wildman–Crippen LogP) is 3.28. The van der Waals surface area contributed by atoms with Gasteiger partial charge in [-0.25, -0.2) is 4.39 Å². The molecule has 1 aliphatic rings. The molecule has 2 aromatic carbocycles. The van der Waals surface area contributed by atoms with Crippen molar-refractivity contribution in [3.8, 4) is 0 Å². The van der Waals surface area contributed by atoms with Crippen LogP contribution >= 0.6 is 24.0 Å². The smallest absolute Gasteiger partial charge is 0.267 e. The number of carbonyl (C=O) groups is 2. The number of nitro benzene ring substituents is 1. The van der Waals surface area contributed by atoms with Gasteiger partial charge in [0.1, 0.15) is 5.82 Å². The zero-order chi connectivity index (χ0) is 19.6. The van der Waals surface area contributed by atoms with Gasteiger partial charge in [-0.15, -0.1) is 0 Å². The van der Waals surface area contributed by atoms with Gasteiger partial charge in [0, 0.05) is 17.7 Å². The summed E-state index contributed by atoms with van der Waals surface area (Å²) < 4.78 is 13.4. The van der Waals surface area contributed by atoms with Gasteiger partial charge in [-0.3, -0.25) is 25.1 Å². The standard InChI is InChI=1S/C17H10FN3O4S2/c18-12-5-1-3-10(7-12)8-14-16(23)20(17(26)27-14)19-15(22)11-4-2-6-13(9-11)21(24)25/h1-9H,(H,19,22)/b14-8-. The molecule has 2 amide bonds. The second-order valence-electron chi connectivity index (χ2n) is 5.32. The monoisotopic (exact) mass is 403 g/mol. The van der Waals surface area contributed by atoms with Crippen molar-refractivity contribution >= 4 is 51.9 Å². The van der Waals surface area contributed by atoms with Crippen LogP contribution in [0.25, 0.3) is 6.08 Å². The van der Waals surface area contributed by atoms with Gasteiger partial charge in [0.2, 0.25) is 0 Å². The molecule has 0 spiro atoms. The van der Waals surface area contributed by atoms with E-state index in [0.29, 0.717) is 5.56 Å². The second kappa shape index (κ2) is 7.64. The summed E-state index contributed by atoms with van der Waals surface area (Å²) in [5.74, 6) is -1.74. The van der Waals surface area contributed by atoms with Crippen molar-refractivity contribution in [2.45, 2.75) is 0 Å². The van der Waals surface area contributed by atoms with Crippen LogP contribution in [-0.2, 0) is 4.79 Å². The van der Waals surface area contributed by atoms with Crippen LogP contribution in [0.1, 0.15) is 15.9 Å². The number of hydrazine groups is 1. The van der Waals surface area contributed by atoms with Crippen molar-refractivity contribution in [2.24, 2.45) is 0 Å². The Bertz CT molecular complexity index is 1010. The maximum atomic E-state index is 13.3. The third-order valence-corrected chi connectivity index (χ3v) is 4.77. The Kier molecular flexibility index (Phi) is 5.28. The topological polar surface area (TPSA) is 92.6 Å². The third-order valence-electron chi connectivity index (χ3n) is 3.47. The number of non-ortho nitro benzene ring substituents is 1. The molecule has 2 aromatic rings. The van der Waals surface area contributed by atoms with Crippen molar-refractivity contribution < 1.29 is 18.9 Å². The highest BCUT2D eigenvalue weighted by molar-refractivity contribution is 8.26. The highest BCUT2D eigenvalue weighted by Crippen LogP contribution is 2.31. The fraction of sp³-hybridized carbons (Fsp3) is 0. The van der Waals surface area contributed by atoms with E-state index >= 15 is 0 Å². The van der Waals surface area contributed by atoms with Gasteiger partial charge in [0.25, 0.3) is 17.5 Å². The minimum atomic E-state index is -0.720. The van der Waals surface area contributed by atoms with Crippen molar-refractivity contribution in [3.63, 3.8) is 0 Å². The van der Waals surface area contributed by atoms with Gasteiger partial charge in [-0.2, -0.15) is 5.01 Å². The Morgan fingerprint density at radius 2 is 2.00 bits per heavy atom. The molecule has 7 nitrogen and oxygen atoms in total. The molecule has 0 aliphatic carbocycles. The van der Waals surface area contributed by atoms with Crippen LogP contribution in [0.5, 0.6) is 0 Å². The SMILES string of the molecule is O=C(NN1C(=O)/C(=C/c2cccc(F)c2)SC1=S)c1cccc([N+](=O)[O-])c1. The average molecular weight is 403 g/mol. The fourth-order valence-corrected chi connectivity index (χ4v) is 3.42. The number of carbonyl (C=O) groups excluding carboxylic acids is 2. The van der Waals surface area contributed by atoms with Crippen LogP contribution in [0.15, 0.2) is 53.4 Å². The lowest BCUT2D eigenvalue weighted by atomic mass is 10.2. The lowest BCUT2D eigenvalue weighted by molar-refractivity contribution is -0.384. The van der Waals surface area contributed by atoms with Crippen LogP contribution in [0.2, 0.25) is 0 Å². The predicted molar refractivity (Wildman–Crippen MR) is 102 cm³/mol.